The van der Waals surface area contributed by atoms with Crippen molar-refractivity contribution in [3.8, 4) is 5.75 Å². The van der Waals surface area contributed by atoms with E-state index >= 15 is 0 Å². The lowest BCUT2D eigenvalue weighted by atomic mass is 10.1. The molecule has 0 heterocycles. The monoisotopic (exact) mass is 434 g/mol. The van der Waals surface area contributed by atoms with E-state index < -0.39 is 40.6 Å². The van der Waals surface area contributed by atoms with Crippen LogP contribution < -0.4 is 15.4 Å². The number of halogens is 6. The van der Waals surface area contributed by atoms with Crippen LogP contribution >= 0.6 is 0 Å². The summed E-state index contributed by atoms with van der Waals surface area (Å²) in [5, 5.41) is 5.19. The van der Waals surface area contributed by atoms with E-state index in [2.05, 4.69) is 10.6 Å². The molecule has 2 N–H and O–H groups in total. The number of carbonyl (C=O) groups is 1. The van der Waals surface area contributed by atoms with Crippen LogP contribution in [-0.4, -0.2) is 18.6 Å². The van der Waals surface area contributed by atoms with Gasteiger partial charge in [0.15, 0.2) is 0 Å². The second-order valence-corrected chi connectivity index (χ2v) is 7.54. The van der Waals surface area contributed by atoms with E-state index in [0.29, 0.717) is 12.1 Å². The molecule has 0 spiro atoms. The number of hydrogen-bond donors (Lipinski definition) is 2. The van der Waals surface area contributed by atoms with Crippen molar-refractivity contribution in [1.29, 1.82) is 0 Å². The quantitative estimate of drug-likeness (QED) is 0.580. The van der Waals surface area contributed by atoms with Gasteiger partial charge in [-0.3, -0.25) is 4.79 Å². The molecule has 0 aliphatic heterocycles. The van der Waals surface area contributed by atoms with Crippen LogP contribution in [0.15, 0.2) is 36.4 Å². The number of rotatable bonds is 4. The Morgan fingerprint density at radius 2 is 1.40 bits per heavy atom. The minimum Gasteiger partial charge on any atom is -0.497 e. The average Bonchev–Trinajstić information content (AvgIpc) is 2.58. The van der Waals surface area contributed by atoms with Crippen LogP contribution in [0.4, 0.5) is 37.7 Å². The Kier molecular flexibility index (Phi) is 6.29. The van der Waals surface area contributed by atoms with Crippen LogP contribution in [-0.2, 0) is 12.4 Å². The fourth-order valence-corrected chi connectivity index (χ4v) is 2.54. The highest BCUT2D eigenvalue weighted by atomic mass is 19.4. The van der Waals surface area contributed by atoms with Crippen molar-refractivity contribution in [2.75, 3.05) is 12.4 Å². The molecule has 30 heavy (non-hydrogen) atoms. The molecule has 0 aromatic heterocycles. The van der Waals surface area contributed by atoms with Gasteiger partial charge in [-0.1, -0.05) is 0 Å². The molecule has 1 amide bonds. The number of methoxy groups -OCH3 is 1. The van der Waals surface area contributed by atoms with Gasteiger partial charge in [0.2, 0.25) is 0 Å². The maximum absolute atomic E-state index is 13.1. The van der Waals surface area contributed by atoms with Crippen LogP contribution in [0, 0.1) is 0 Å². The normalized spacial score (nSPS) is 12.5. The van der Waals surface area contributed by atoms with Gasteiger partial charge in [0.25, 0.3) is 5.91 Å². The Morgan fingerprint density at radius 1 is 0.867 bits per heavy atom. The van der Waals surface area contributed by atoms with Crippen molar-refractivity contribution >= 4 is 17.3 Å². The average molecular weight is 434 g/mol. The highest BCUT2D eigenvalue weighted by molar-refractivity contribution is 6.01. The topological polar surface area (TPSA) is 50.4 Å². The Labute approximate surface area is 169 Å². The predicted molar refractivity (Wildman–Crippen MR) is 99.9 cm³/mol. The standard InChI is InChI=1S/C20H20F6N2O2/c1-18(2,3)28-17(29)15-6-5-14(30-4)10-16(15)27-13-8-11(19(21,22)23)7-12(9-13)20(24,25)26/h5-10,27H,1-4H3,(H,28,29). The lowest BCUT2D eigenvalue weighted by Gasteiger charge is -2.22. The minimum atomic E-state index is -4.99. The molecule has 2 aromatic rings. The zero-order valence-electron chi connectivity index (χ0n) is 16.5. The number of nitrogens with one attached hydrogen (secondary N) is 2. The molecular weight excluding hydrogens is 414 g/mol. The van der Waals surface area contributed by atoms with Crippen LogP contribution in [0.25, 0.3) is 0 Å². The molecular formula is C20H20F6N2O2. The fourth-order valence-electron chi connectivity index (χ4n) is 2.54. The fraction of sp³-hybridized carbons (Fsp3) is 0.350. The third kappa shape index (κ3) is 6.04. The maximum Gasteiger partial charge on any atom is 0.416 e. The first kappa shape index (κ1) is 23.4. The van der Waals surface area contributed by atoms with Gasteiger partial charge in [-0.2, -0.15) is 26.3 Å². The van der Waals surface area contributed by atoms with Gasteiger partial charge < -0.3 is 15.4 Å². The molecule has 0 bridgehead atoms. The van der Waals surface area contributed by atoms with Gasteiger partial charge in [0.05, 0.1) is 29.5 Å². The molecule has 0 aliphatic carbocycles. The van der Waals surface area contributed by atoms with E-state index in [-0.39, 0.29) is 23.1 Å². The zero-order valence-corrected chi connectivity index (χ0v) is 16.5. The highest BCUT2D eigenvalue weighted by Gasteiger charge is 2.37. The van der Waals surface area contributed by atoms with Gasteiger partial charge in [0.1, 0.15) is 5.75 Å². The Bertz CT molecular complexity index is 898. The second kappa shape index (κ2) is 8.08. The summed E-state index contributed by atoms with van der Waals surface area (Å²) in [5.41, 5.74) is -4.02. The number of hydrogen-bond acceptors (Lipinski definition) is 3. The van der Waals surface area contributed by atoms with Crippen LogP contribution in [0.5, 0.6) is 5.75 Å². The number of anilines is 2. The van der Waals surface area contributed by atoms with Crippen molar-refractivity contribution in [3.05, 3.63) is 53.1 Å². The molecule has 164 valence electrons. The van der Waals surface area contributed by atoms with E-state index in [1.165, 1.54) is 25.3 Å². The first-order valence-electron chi connectivity index (χ1n) is 8.67. The molecule has 0 saturated carbocycles. The van der Waals surface area contributed by atoms with E-state index in [9.17, 15) is 31.1 Å². The summed E-state index contributed by atoms with van der Waals surface area (Å²) in [5.74, 6) is -0.302. The maximum atomic E-state index is 13.1. The molecule has 0 saturated heterocycles. The van der Waals surface area contributed by atoms with E-state index in [1.807, 2.05) is 0 Å². The summed E-state index contributed by atoms with van der Waals surface area (Å²) in [6.07, 6.45) is -9.98. The van der Waals surface area contributed by atoms with Gasteiger partial charge in [-0.15, -0.1) is 0 Å². The van der Waals surface area contributed by atoms with Crippen molar-refractivity contribution in [1.82, 2.24) is 5.32 Å². The number of carbonyl (C=O) groups excluding carboxylic acids is 1. The Balaban J connectivity index is 2.56. The summed E-state index contributed by atoms with van der Waals surface area (Å²) in [4.78, 5) is 12.6. The predicted octanol–water partition coefficient (Wildman–Crippen LogP) is 6.00. The summed E-state index contributed by atoms with van der Waals surface area (Å²) in [6, 6.07) is 5.24. The highest BCUT2D eigenvalue weighted by Crippen LogP contribution is 2.38. The number of benzene rings is 2. The first-order chi connectivity index (χ1) is 13.6. The molecule has 0 radical (unpaired) electrons. The minimum absolute atomic E-state index is 0.0106. The molecule has 10 heteroatoms. The lowest BCUT2D eigenvalue weighted by molar-refractivity contribution is -0.143. The SMILES string of the molecule is COc1ccc(C(=O)NC(C)(C)C)c(Nc2cc(C(F)(F)F)cc(C(F)(F)F)c2)c1. The molecule has 0 atom stereocenters. The number of amides is 1. The Morgan fingerprint density at radius 3 is 1.83 bits per heavy atom. The lowest BCUT2D eigenvalue weighted by Crippen LogP contribution is -2.40. The second-order valence-electron chi connectivity index (χ2n) is 7.54. The number of alkyl halides is 6. The summed E-state index contributed by atoms with van der Waals surface area (Å²) in [6.45, 7) is 5.18. The molecule has 2 rings (SSSR count). The summed E-state index contributed by atoms with van der Waals surface area (Å²) < 4.78 is 83.7. The van der Waals surface area contributed by atoms with Gasteiger partial charge >= 0.3 is 12.4 Å². The van der Waals surface area contributed by atoms with E-state index in [1.54, 1.807) is 20.8 Å². The van der Waals surface area contributed by atoms with Crippen LogP contribution in [0.1, 0.15) is 42.3 Å². The van der Waals surface area contributed by atoms with E-state index in [4.69, 9.17) is 4.74 Å². The van der Waals surface area contributed by atoms with Gasteiger partial charge in [-0.05, 0) is 51.1 Å². The zero-order chi connectivity index (χ0) is 22.9. The molecule has 0 fully saturated rings. The third-order valence-corrected chi connectivity index (χ3v) is 3.83. The Hall–Kier alpha value is -2.91. The summed E-state index contributed by atoms with van der Waals surface area (Å²) >= 11 is 0. The van der Waals surface area contributed by atoms with Gasteiger partial charge in [0, 0.05) is 17.3 Å². The van der Waals surface area contributed by atoms with Crippen LogP contribution in [0.3, 0.4) is 0 Å². The third-order valence-electron chi connectivity index (χ3n) is 3.83. The van der Waals surface area contributed by atoms with Crippen molar-refractivity contribution < 1.29 is 35.9 Å². The smallest absolute Gasteiger partial charge is 0.416 e. The van der Waals surface area contributed by atoms with Crippen LogP contribution in [0.2, 0.25) is 0 Å². The number of ether oxygens (including phenoxy) is 1. The van der Waals surface area contributed by atoms with Gasteiger partial charge in [-0.25, -0.2) is 0 Å². The summed E-state index contributed by atoms with van der Waals surface area (Å²) in [7, 11) is 1.33. The molecule has 0 unspecified atom stereocenters. The molecule has 0 aliphatic rings. The van der Waals surface area contributed by atoms with E-state index in [0.717, 1.165) is 0 Å². The largest absolute Gasteiger partial charge is 0.497 e. The van der Waals surface area contributed by atoms with Crippen molar-refractivity contribution in [2.45, 2.75) is 38.7 Å². The molecule has 4 nitrogen and oxygen atoms in total. The van der Waals surface area contributed by atoms with Crippen molar-refractivity contribution in [3.63, 3.8) is 0 Å². The van der Waals surface area contributed by atoms with Crippen molar-refractivity contribution in [2.24, 2.45) is 0 Å². The molecule has 2 aromatic carbocycles. The first-order valence-corrected chi connectivity index (χ1v) is 8.67.